The van der Waals surface area contributed by atoms with Crippen molar-refractivity contribution in [2.75, 3.05) is 6.54 Å². The molecule has 0 spiro atoms. The van der Waals surface area contributed by atoms with Gasteiger partial charge in [0.2, 0.25) is 0 Å². The van der Waals surface area contributed by atoms with Gasteiger partial charge in [0, 0.05) is 25.0 Å². The van der Waals surface area contributed by atoms with Gasteiger partial charge in [0.05, 0.1) is 6.42 Å². The van der Waals surface area contributed by atoms with Crippen molar-refractivity contribution >= 4 is 11.9 Å². The largest absolute Gasteiger partial charge is 0.481 e. The van der Waals surface area contributed by atoms with Crippen molar-refractivity contribution in [3.8, 4) is 0 Å². The minimum absolute atomic E-state index is 0.00758. The average Bonchev–Trinajstić information content (AvgIpc) is 3.20. The molecule has 1 aromatic carbocycles. The van der Waals surface area contributed by atoms with E-state index < -0.39 is 12.0 Å². The van der Waals surface area contributed by atoms with Gasteiger partial charge >= 0.3 is 5.97 Å². The molecule has 2 heterocycles. The average molecular weight is 313 g/mol. The Bertz CT molecular complexity index is 670. The number of likely N-dealkylation sites (tertiary alicyclic amines) is 1. The summed E-state index contributed by atoms with van der Waals surface area (Å²) in [5, 5.41) is 13.3. The number of amides is 1. The van der Waals surface area contributed by atoms with E-state index in [0.29, 0.717) is 6.54 Å². The molecule has 0 bridgehead atoms. The third kappa shape index (κ3) is 3.26. The fourth-order valence-corrected chi connectivity index (χ4v) is 3.17. The second kappa shape index (κ2) is 6.64. The Morgan fingerprint density at radius 1 is 1.26 bits per heavy atom. The summed E-state index contributed by atoms with van der Waals surface area (Å²) in [6.45, 7) is 0.599. The summed E-state index contributed by atoms with van der Waals surface area (Å²) in [5.41, 5.74) is 0.849. The maximum Gasteiger partial charge on any atom is 0.305 e. The Hall–Kier alpha value is -2.63. The number of nitrogens with zero attached hydrogens (tertiary/aromatic N) is 3. The van der Waals surface area contributed by atoms with Crippen molar-refractivity contribution in [1.29, 1.82) is 0 Å². The van der Waals surface area contributed by atoms with Gasteiger partial charge in [0.25, 0.3) is 5.91 Å². The smallest absolute Gasteiger partial charge is 0.305 e. The van der Waals surface area contributed by atoms with Gasteiger partial charge in [-0.3, -0.25) is 14.3 Å². The first-order valence-electron chi connectivity index (χ1n) is 7.73. The molecular formula is C17H19N3O3. The molecule has 3 rings (SSSR count). The van der Waals surface area contributed by atoms with E-state index in [1.165, 1.54) is 0 Å². The number of carbonyl (C=O) groups excluding carboxylic acids is 1. The summed E-state index contributed by atoms with van der Waals surface area (Å²) in [5.74, 6) is -0.964. The summed E-state index contributed by atoms with van der Waals surface area (Å²) in [6, 6.07) is 10.5. The third-order valence-electron chi connectivity index (χ3n) is 4.21. The highest BCUT2D eigenvalue weighted by Crippen LogP contribution is 2.27. The first-order valence-corrected chi connectivity index (χ1v) is 7.73. The summed E-state index contributed by atoms with van der Waals surface area (Å²) < 4.78 is 1.63. The molecule has 2 unspecified atom stereocenters. The molecule has 23 heavy (non-hydrogen) atoms. The highest BCUT2D eigenvalue weighted by molar-refractivity contribution is 5.84. The van der Waals surface area contributed by atoms with E-state index in [-0.39, 0.29) is 18.4 Å². The summed E-state index contributed by atoms with van der Waals surface area (Å²) in [7, 11) is 0. The van der Waals surface area contributed by atoms with Crippen molar-refractivity contribution < 1.29 is 14.7 Å². The second-order valence-electron chi connectivity index (χ2n) is 5.72. The number of carboxylic acid groups (broad SMARTS) is 1. The van der Waals surface area contributed by atoms with Crippen LogP contribution < -0.4 is 0 Å². The Morgan fingerprint density at radius 3 is 2.70 bits per heavy atom. The quantitative estimate of drug-likeness (QED) is 0.915. The van der Waals surface area contributed by atoms with Crippen LogP contribution in [0.15, 0.2) is 48.8 Å². The second-order valence-corrected chi connectivity index (χ2v) is 5.72. The number of aliphatic carboxylic acids is 1. The molecule has 1 N–H and O–H groups in total. The molecular weight excluding hydrogens is 294 g/mol. The molecule has 1 amide bonds. The summed E-state index contributed by atoms with van der Waals surface area (Å²) in [4.78, 5) is 25.8. The minimum atomic E-state index is -0.870. The van der Waals surface area contributed by atoms with Gasteiger partial charge < -0.3 is 10.0 Å². The van der Waals surface area contributed by atoms with Gasteiger partial charge in [-0.2, -0.15) is 5.10 Å². The van der Waals surface area contributed by atoms with Crippen molar-refractivity contribution in [3.05, 3.63) is 54.4 Å². The normalized spacial score (nSPS) is 18.8. The maximum absolute atomic E-state index is 13.1. The van der Waals surface area contributed by atoms with Gasteiger partial charge in [-0.25, -0.2) is 0 Å². The molecule has 1 aromatic heterocycles. The molecule has 1 aliphatic heterocycles. The zero-order chi connectivity index (χ0) is 16.2. The van der Waals surface area contributed by atoms with Crippen molar-refractivity contribution in [1.82, 2.24) is 14.7 Å². The Balaban J connectivity index is 1.91. The number of carboxylic acids is 1. The zero-order valence-corrected chi connectivity index (χ0v) is 12.7. The lowest BCUT2D eigenvalue weighted by molar-refractivity contribution is -0.140. The van der Waals surface area contributed by atoms with E-state index in [9.17, 15) is 9.59 Å². The molecule has 0 aliphatic carbocycles. The highest BCUT2D eigenvalue weighted by atomic mass is 16.4. The van der Waals surface area contributed by atoms with E-state index in [1.807, 2.05) is 30.3 Å². The zero-order valence-electron chi connectivity index (χ0n) is 12.7. The van der Waals surface area contributed by atoms with E-state index in [4.69, 9.17) is 5.11 Å². The van der Waals surface area contributed by atoms with Crippen LogP contribution in [0.25, 0.3) is 0 Å². The summed E-state index contributed by atoms with van der Waals surface area (Å²) in [6.07, 6.45) is 4.97. The van der Waals surface area contributed by atoms with Gasteiger partial charge in [-0.05, 0) is 24.5 Å². The van der Waals surface area contributed by atoms with Gasteiger partial charge in [0.1, 0.15) is 0 Å². The van der Waals surface area contributed by atoms with E-state index in [1.54, 1.807) is 28.0 Å². The first-order chi connectivity index (χ1) is 11.2. The van der Waals surface area contributed by atoms with E-state index in [0.717, 1.165) is 18.4 Å². The van der Waals surface area contributed by atoms with Gasteiger partial charge in [-0.1, -0.05) is 30.3 Å². The van der Waals surface area contributed by atoms with E-state index in [2.05, 4.69) is 5.10 Å². The number of aromatic nitrogens is 2. The number of benzene rings is 1. The molecule has 6 nitrogen and oxygen atoms in total. The number of hydrogen-bond donors (Lipinski definition) is 1. The van der Waals surface area contributed by atoms with Crippen LogP contribution in [0.2, 0.25) is 0 Å². The molecule has 120 valence electrons. The number of carbonyl (C=O) groups is 2. The van der Waals surface area contributed by atoms with Crippen molar-refractivity contribution in [2.45, 2.75) is 31.3 Å². The molecule has 1 saturated heterocycles. The topological polar surface area (TPSA) is 75.4 Å². The van der Waals surface area contributed by atoms with Crippen LogP contribution in [0.5, 0.6) is 0 Å². The van der Waals surface area contributed by atoms with Crippen LogP contribution in [0.3, 0.4) is 0 Å². The molecule has 0 radical (unpaired) electrons. The SMILES string of the molecule is O=C(O)CC1CCCN1C(=O)C(c1ccccc1)n1cccn1. The lowest BCUT2D eigenvalue weighted by Gasteiger charge is -2.28. The molecule has 1 aliphatic rings. The van der Waals surface area contributed by atoms with Crippen LogP contribution >= 0.6 is 0 Å². The molecule has 2 atom stereocenters. The monoisotopic (exact) mass is 313 g/mol. The van der Waals surface area contributed by atoms with Crippen LogP contribution in [-0.4, -0.2) is 44.3 Å². The van der Waals surface area contributed by atoms with Crippen molar-refractivity contribution in [2.24, 2.45) is 0 Å². The number of rotatable bonds is 5. The molecule has 1 fully saturated rings. The minimum Gasteiger partial charge on any atom is -0.481 e. The molecule has 6 heteroatoms. The standard InChI is InChI=1S/C17H19N3O3/c21-15(22)12-14-8-4-10-19(14)17(23)16(20-11-5-9-18-20)13-6-2-1-3-7-13/h1-3,5-7,9,11,14,16H,4,8,10,12H2,(H,21,22). The van der Waals surface area contributed by atoms with Crippen LogP contribution in [0.4, 0.5) is 0 Å². The fraction of sp³-hybridized carbons (Fsp3) is 0.353. The van der Waals surface area contributed by atoms with Gasteiger partial charge in [0.15, 0.2) is 6.04 Å². The predicted molar refractivity (Wildman–Crippen MR) is 83.8 cm³/mol. The van der Waals surface area contributed by atoms with Crippen LogP contribution in [-0.2, 0) is 9.59 Å². The fourth-order valence-electron chi connectivity index (χ4n) is 3.17. The maximum atomic E-state index is 13.1. The number of hydrogen-bond acceptors (Lipinski definition) is 3. The predicted octanol–water partition coefficient (Wildman–Crippen LogP) is 1.94. The molecule has 0 saturated carbocycles. The first kappa shape index (κ1) is 15.3. The lowest BCUT2D eigenvalue weighted by atomic mass is 10.0. The Kier molecular flexibility index (Phi) is 4.41. The van der Waals surface area contributed by atoms with Crippen molar-refractivity contribution in [3.63, 3.8) is 0 Å². The van der Waals surface area contributed by atoms with Gasteiger partial charge in [-0.15, -0.1) is 0 Å². The Morgan fingerprint density at radius 2 is 2.04 bits per heavy atom. The molecule has 2 aromatic rings. The van der Waals surface area contributed by atoms with Crippen LogP contribution in [0, 0.1) is 0 Å². The third-order valence-corrected chi connectivity index (χ3v) is 4.21. The summed E-state index contributed by atoms with van der Waals surface area (Å²) >= 11 is 0. The highest BCUT2D eigenvalue weighted by Gasteiger charge is 2.35. The van der Waals surface area contributed by atoms with E-state index >= 15 is 0 Å². The lowest BCUT2D eigenvalue weighted by Crippen LogP contribution is -2.41. The van der Waals surface area contributed by atoms with Crippen LogP contribution in [0.1, 0.15) is 30.9 Å². The Labute approximate surface area is 134 Å².